The zero-order valence-electron chi connectivity index (χ0n) is 15.3. The highest BCUT2D eigenvalue weighted by Crippen LogP contribution is 2.32. The van der Waals surface area contributed by atoms with Crippen LogP contribution in [0.1, 0.15) is 18.1 Å². The smallest absolute Gasteiger partial charge is 0.161 e. The average molecular weight is 481 g/mol. The van der Waals surface area contributed by atoms with Gasteiger partial charge in [0.15, 0.2) is 11.5 Å². The van der Waals surface area contributed by atoms with E-state index in [0.717, 1.165) is 21.3 Å². The summed E-state index contributed by atoms with van der Waals surface area (Å²) < 4.78 is 12.8. The molecule has 0 fully saturated rings. The third-order valence-electron chi connectivity index (χ3n) is 4.08. The molecule has 0 unspecified atom stereocenters. The first-order valence-electron chi connectivity index (χ1n) is 8.87. The van der Waals surface area contributed by atoms with E-state index in [-0.39, 0.29) is 6.61 Å². The maximum absolute atomic E-state index is 6.22. The number of benzene rings is 3. The fraction of sp³-hybridized carbons (Fsp3) is 0.182. The molecule has 0 saturated carbocycles. The lowest BCUT2D eigenvalue weighted by molar-refractivity contribution is 0.269. The lowest BCUT2D eigenvalue weighted by atomic mass is 10.2. The van der Waals surface area contributed by atoms with Gasteiger partial charge in [-0.15, -0.1) is 0 Å². The maximum atomic E-state index is 6.22. The van der Waals surface area contributed by atoms with Gasteiger partial charge in [-0.3, -0.25) is 0 Å². The predicted octanol–water partition coefficient (Wildman–Crippen LogP) is 7.35. The summed E-state index contributed by atoms with van der Waals surface area (Å²) in [6, 6.07) is 19.4. The van der Waals surface area contributed by atoms with Crippen molar-refractivity contribution >= 4 is 44.8 Å². The van der Waals surface area contributed by atoms with Crippen LogP contribution in [-0.4, -0.2) is 6.61 Å². The SMILES string of the molecule is CCOc1cc(CNc2ccc(Br)cc2)ccc1OCc1c(Cl)cccc1Cl. The van der Waals surface area contributed by atoms with Gasteiger partial charge in [0.1, 0.15) is 6.61 Å². The van der Waals surface area contributed by atoms with Crippen LogP contribution in [0.3, 0.4) is 0 Å². The molecule has 0 heterocycles. The molecule has 1 N–H and O–H groups in total. The van der Waals surface area contributed by atoms with Crippen molar-refractivity contribution in [2.45, 2.75) is 20.1 Å². The first kappa shape index (κ1) is 20.8. The number of ether oxygens (including phenoxy) is 2. The summed E-state index contributed by atoms with van der Waals surface area (Å²) in [4.78, 5) is 0. The summed E-state index contributed by atoms with van der Waals surface area (Å²) >= 11 is 15.9. The Morgan fingerprint density at radius 2 is 1.61 bits per heavy atom. The Morgan fingerprint density at radius 1 is 0.893 bits per heavy atom. The normalized spacial score (nSPS) is 10.6. The summed E-state index contributed by atoms with van der Waals surface area (Å²) in [5.41, 5.74) is 2.90. The van der Waals surface area contributed by atoms with Crippen molar-refractivity contribution in [1.29, 1.82) is 0 Å². The largest absolute Gasteiger partial charge is 0.490 e. The zero-order chi connectivity index (χ0) is 19.9. The Kier molecular flexibility index (Phi) is 7.49. The van der Waals surface area contributed by atoms with E-state index >= 15 is 0 Å². The van der Waals surface area contributed by atoms with Gasteiger partial charge in [-0.25, -0.2) is 0 Å². The maximum Gasteiger partial charge on any atom is 0.161 e. The monoisotopic (exact) mass is 479 g/mol. The van der Waals surface area contributed by atoms with Crippen LogP contribution in [-0.2, 0) is 13.2 Å². The van der Waals surface area contributed by atoms with Crippen LogP contribution in [0.5, 0.6) is 11.5 Å². The fourth-order valence-corrected chi connectivity index (χ4v) is 3.41. The van der Waals surface area contributed by atoms with E-state index in [4.69, 9.17) is 32.7 Å². The van der Waals surface area contributed by atoms with Crippen LogP contribution >= 0.6 is 39.1 Å². The van der Waals surface area contributed by atoms with Gasteiger partial charge in [-0.2, -0.15) is 0 Å². The molecule has 3 aromatic rings. The van der Waals surface area contributed by atoms with Crippen LogP contribution in [0, 0.1) is 0 Å². The Balaban J connectivity index is 1.70. The molecule has 0 aromatic heterocycles. The summed E-state index contributed by atoms with van der Waals surface area (Å²) in [6.45, 7) is 3.45. The number of halogens is 3. The molecule has 6 heteroatoms. The summed E-state index contributed by atoms with van der Waals surface area (Å²) in [5, 5.41) is 4.57. The molecule has 0 aliphatic carbocycles. The summed E-state index contributed by atoms with van der Waals surface area (Å²) in [7, 11) is 0. The molecule has 0 radical (unpaired) electrons. The minimum Gasteiger partial charge on any atom is -0.490 e. The van der Waals surface area contributed by atoms with Crippen LogP contribution in [0.15, 0.2) is 65.1 Å². The highest BCUT2D eigenvalue weighted by Gasteiger charge is 2.10. The lowest BCUT2D eigenvalue weighted by Gasteiger charge is -2.15. The van der Waals surface area contributed by atoms with Crippen molar-refractivity contribution in [2.24, 2.45) is 0 Å². The van der Waals surface area contributed by atoms with Crippen molar-refractivity contribution < 1.29 is 9.47 Å². The van der Waals surface area contributed by atoms with E-state index in [0.29, 0.717) is 34.7 Å². The molecule has 0 spiro atoms. The van der Waals surface area contributed by atoms with Crippen LogP contribution in [0.2, 0.25) is 10.0 Å². The van der Waals surface area contributed by atoms with Crippen molar-refractivity contribution in [3.8, 4) is 11.5 Å². The predicted molar refractivity (Wildman–Crippen MR) is 120 cm³/mol. The highest BCUT2D eigenvalue weighted by molar-refractivity contribution is 9.10. The molecule has 3 rings (SSSR count). The molecule has 0 aliphatic heterocycles. The number of hydrogen-bond acceptors (Lipinski definition) is 3. The van der Waals surface area contributed by atoms with Gasteiger partial charge in [0.25, 0.3) is 0 Å². The van der Waals surface area contributed by atoms with Crippen LogP contribution in [0.4, 0.5) is 5.69 Å². The van der Waals surface area contributed by atoms with Gasteiger partial charge in [-0.05, 0) is 61.0 Å². The van der Waals surface area contributed by atoms with Gasteiger partial charge in [0.2, 0.25) is 0 Å². The van der Waals surface area contributed by atoms with E-state index < -0.39 is 0 Å². The quantitative estimate of drug-likeness (QED) is 0.365. The highest BCUT2D eigenvalue weighted by atomic mass is 79.9. The van der Waals surface area contributed by atoms with Crippen LogP contribution in [0.25, 0.3) is 0 Å². The van der Waals surface area contributed by atoms with Crippen molar-refractivity contribution in [3.05, 3.63) is 86.3 Å². The second-order valence-electron chi connectivity index (χ2n) is 6.06. The van der Waals surface area contributed by atoms with Crippen molar-refractivity contribution in [1.82, 2.24) is 0 Å². The number of rotatable bonds is 8. The number of anilines is 1. The average Bonchev–Trinajstić information content (AvgIpc) is 2.68. The molecule has 0 amide bonds. The Labute approximate surface area is 183 Å². The molecule has 3 nitrogen and oxygen atoms in total. The van der Waals surface area contributed by atoms with Gasteiger partial charge in [-0.1, -0.05) is 51.3 Å². The molecular formula is C22H20BrCl2NO2. The third-order valence-corrected chi connectivity index (χ3v) is 5.32. The molecule has 0 saturated heterocycles. The molecular weight excluding hydrogens is 461 g/mol. The fourth-order valence-electron chi connectivity index (χ4n) is 2.64. The Morgan fingerprint density at radius 3 is 2.29 bits per heavy atom. The standard InChI is InChI=1S/C22H20BrCl2NO2/c1-2-27-22-12-15(13-26-17-9-7-16(23)8-10-17)6-11-21(22)28-14-18-19(24)4-3-5-20(18)25/h3-12,26H,2,13-14H2,1H3. The second-order valence-corrected chi connectivity index (χ2v) is 7.79. The van der Waals surface area contributed by atoms with E-state index in [2.05, 4.69) is 21.2 Å². The van der Waals surface area contributed by atoms with E-state index in [1.807, 2.05) is 55.5 Å². The van der Waals surface area contributed by atoms with E-state index in [1.54, 1.807) is 12.1 Å². The molecule has 0 bridgehead atoms. The summed E-state index contributed by atoms with van der Waals surface area (Å²) in [5.74, 6) is 1.35. The zero-order valence-corrected chi connectivity index (χ0v) is 18.4. The van der Waals surface area contributed by atoms with E-state index in [1.165, 1.54) is 0 Å². The molecule has 3 aromatic carbocycles. The lowest BCUT2D eigenvalue weighted by Crippen LogP contribution is -2.03. The van der Waals surface area contributed by atoms with Crippen molar-refractivity contribution in [2.75, 3.05) is 11.9 Å². The van der Waals surface area contributed by atoms with Gasteiger partial charge >= 0.3 is 0 Å². The topological polar surface area (TPSA) is 30.5 Å². The van der Waals surface area contributed by atoms with Crippen molar-refractivity contribution in [3.63, 3.8) is 0 Å². The van der Waals surface area contributed by atoms with Gasteiger partial charge in [0.05, 0.1) is 6.61 Å². The first-order valence-corrected chi connectivity index (χ1v) is 10.4. The van der Waals surface area contributed by atoms with Gasteiger partial charge in [0, 0.05) is 32.3 Å². The first-order chi connectivity index (χ1) is 13.6. The van der Waals surface area contributed by atoms with E-state index in [9.17, 15) is 0 Å². The number of hydrogen-bond donors (Lipinski definition) is 1. The molecule has 0 atom stereocenters. The molecule has 146 valence electrons. The second kappa shape index (κ2) is 10.1. The molecule has 28 heavy (non-hydrogen) atoms. The van der Waals surface area contributed by atoms with Crippen LogP contribution < -0.4 is 14.8 Å². The Bertz CT molecular complexity index is 912. The minimum atomic E-state index is 0.273. The van der Waals surface area contributed by atoms with Gasteiger partial charge < -0.3 is 14.8 Å². The molecule has 0 aliphatic rings. The third kappa shape index (κ3) is 5.57. The Hall–Kier alpha value is -1.88. The summed E-state index contributed by atoms with van der Waals surface area (Å²) in [6.07, 6.45) is 0. The number of nitrogens with one attached hydrogen (secondary N) is 1. The minimum absolute atomic E-state index is 0.273.